The Labute approximate surface area is 82.7 Å². The Hall–Kier alpha value is -1.23. The number of nitrogens with one attached hydrogen (secondary N) is 1. The topological polar surface area (TPSA) is 49.4 Å². The Kier molecular flexibility index (Phi) is 1.40. The van der Waals surface area contributed by atoms with Gasteiger partial charge in [-0.15, -0.1) is 0 Å². The summed E-state index contributed by atoms with van der Waals surface area (Å²) in [6.45, 7) is 0.597. The van der Waals surface area contributed by atoms with Crippen LogP contribution < -0.4 is 9.03 Å². The van der Waals surface area contributed by atoms with E-state index in [1.54, 1.807) is 0 Å². The summed E-state index contributed by atoms with van der Waals surface area (Å²) in [6, 6.07) is 5.70. The monoisotopic (exact) mass is 210 g/mol. The molecule has 0 saturated carbocycles. The van der Waals surface area contributed by atoms with Crippen LogP contribution in [0.15, 0.2) is 18.2 Å². The van der Waals surface area contributed by atoms with E-state index in [2.05, 4.69) is 4.72 Å². The Morgan fingerprint density at radius 1 is 1.36 bits per heavy atom. The van der Waals surface area contributed by atoms with Gasteiger partial charge in [-0.05, 0) is 24.5 Å². The van der Waals surface area contributed by atoms with E-state index in [9.17, 15) is 8.42 Å². The molecule has 0 saturated heterocycles. The third-order valence-electron chi connectivity index (χ3n) is 2.71. The first-order valence-electron chi connectivity index (χ1n) is 4.61. The van der Waals surface area contributed by atoms with Crippen molar-refractivity contribution in [3.05, 3.63) is 23.8 Å². The summed E-state index contributed by atoms with van der Waals surface area (Å²) in [5, 5.41) is 0. The Morgan fingerprint density at radius 2 is 2.21 bits per heavy atom. The second kappa shape index (κ2) is 2.42. The zero-order valence-electron chi connectivity index (χ0n) is 7.53. The summed E-state index contributed by atoms with van der Waals surface area (Å²) in [4.78, 5) is 0. The first-order valence-corrected chi connectivity index (χ1v) is 6.05. The predicted octanol–water partition coefficient (Wildman–Crippen LogP) is 1.11. The minimum absolute atomic E-state index is 0.597. The molecule has 1 aromatic rings. The van der Waals surface area contributed by atoms with Crippen LogP contribution in [0.3, 0.4) is 0 Å². The molecule has 0 fully saturated rings. The van der Waals surface area contributed by atoms with E-state index in [4.69, 9.17) is 0 Å². The first kappa shape index (κ1) is 8.11. The molecule has 0 spiro atoms. The molecule has 0 radical (unpaired) electrons. The average Bonchev–Trinajstić information content (AvgIpc) is 2.41. The number of aryl methyl sites for hydroxylation is 1. The second-order valence-electron chi connectivity index (χ2n) is 3.60. The van der Waals surface area contributed by atoms with Gasteiger partial charge in [0, 0.05) is 6.54 Å². The van der Waals surface area contributed by atoms with Crippen LogP contribution in [0.1, 0.15) is 12.0 Å². The van der Waals surface area contributed by atoms with E-state index in [-0.39, 0.29) is 0 Å². The van der Waals surface area contributed by atoms with E-state index >= 15 is 0 Å². The van der Waals surface area contributed by atoms with Gasteiger partial charge < -0.3 is 0 Å². The zero-order chi connectivity index (χ0) is 9.76. The minimum Gasteiger partial charge on any atom is -0.264 e. The lowest BCUT2D eigenvalue weighted by atomic mass is 10.0. The van der Waals surface area contributed by atoms with Gasteiger partial charge in [-0.25, -0.2) is 0 Å². The van der Waals surface area contributed by atoms with Gasteiger partial charge in [0.25, 0.3) is 0 Å². The maximum Gasteiger partial charge on any atom is 0.324 e. The predicted molar refractivity (Wildman–Crippen MR) is 54.7 cm³/mol. The largest absolute Gasteiger partial charge is 0.324 e. The minimum atomic E-state index is -3.28. The number of hydrogen-bond acceptors (Lipinski definition) is 2. The number of benzene rings is 1. The van der Waals surface area contributed by atoms with Crippen molar-refractivity contribution in [1.29, 1.82) is 0 Å². The van der Waals surface area contributed by atoms with E-state index in [0.29, 0.717) is 6.54 Å². The van der Waals surface area contributed by atoms with Crippen molar-refractivity contribution in [2.75, 3.05) is 15.6 Å². The number of hydrogen-bond donors (Lipinski definition) is 1. The van der Waals surface area contributed by atoms with Gasteiger partial charge in [0.2, 0.25) is 0 Å². The Morgan fingerprint density at radius 3 is 3.07 bits per heavy atom. The number of rotatable bonds is 0. The molecule has 2 aliphatic rings. The fourth-order valence-electron chi connectivity index (χ4n) is 2.13. The molecule has 3 rings (SSSR count). The zero-order valence-corrected chi connectivity index (χ0v) is 8.34. The molecule has 0 aliphatic carbocycles. The fourth-order valence-corrected chi connectivity index (χ4v) is 3.51. The van der Waals surface area contributed by atoms with Crippen LogP contribution in [-0.2, 0) is 16.6 Å². The molecule has 2 heterocycles. The molecule has 0 unspecified atom stereocenters. The van der Waals surface area contributed by atoms with Crippen molar-refractivity contribution in [3.8, 4) is 0 Å². The molecule has 5 heteroatoms. The van der Waals surface area contributed by atoms with Gasteiger partial charge in [0.15, 0.2) is 0 Å². The normalized spacial score (nSPS) is 21.6. The van der Waals surface area contributed by atoms with Crippen molar-refractivity contribution >= 4 is 21.6 Å². The maximum atomic E-state index is 11.7. The lowest BCUT2D eigenvalue weighted by Crippen LogP contribution is -2.33. The third-order valence-corrected chi connectivity index (χ3v) is 4.13. The molecule has 0 aromatic heterocycles. The molecule has 1 N–H and O–H groups in total. The highest BCUT2D eigenvalue weighted by atomic mass is 32.2. The van der Waals surface area contributed by atoms with Crippen molar-refractivity contribution in [3.63, 3.8) is 0 Å². The molecule has 2 aliphatic heterocycles. The maximum absolute atomic E-state index is 11.7. The summed E-state index contributed by atoms with van der Waals surface area (Å²) < 4.78 is 27.3. The molecule has 0 atom stereocenters. The second-order valence-corrected chi connectivity index (χ2v) is 5.19. The Bertz CT molecular complexity index is 496. The molecule has 0 amide bonds. The first-order chi connectivity index (χ1) is 6.68. The van der Waals surface area contributed by atoms with Crippen LogP contribution in [0.2, 0.25) is 0 Å². The number of nitrogens with zero attached hydrogens (tertiary/aromatic N) is 1. The smallest absolute Gasteiger partial charge is 0.264 e. The molecule has 14 heavy (non-hydrogen) atoms. The van der Waals surface area contributed by atoms with Crippen molar-refractivity contribution in [1.82, 2.24) is 0 Å². The van der Waals surface area contributed by atoms with Crippen molar-refractivity contribution in [2.24, 2.45) is 0 Å². The van der Waals surface area contributed by atoms with E-state index in [1.165, 1.54) is 4.31 Å². The van der Waals surface area contributed by atoms with Gasteiger partial charge in [0.05, 0.1) is 11.4 Å². The highest BCUT2D eigenvalue weighted by molar-refractivity contribution is 7.94. The van der Waals surface area contributed by atoms with Gasteiger partial charge in [-0.2, -0.15) is 8.42 Å². The van der Waals surface area contributed by atoms with Crippen LogP contribution in [0.25, 0.3) is 0 Å². The van der Waals surface area contributed by atoms with Crippen molar-refractivity contribution < 1.29 is 8.42 Å². The standard InChI is InChI=1S/C9H10N2O2S/c12-14(13)10-8-5-1-3-7-4-2-6-11(14)9(7)8/h1,3,5,10H,2,4,6H2. The van der Waals surface area contributed by atoms with E-state index in [0.717, 1.165) is 29.8 Å². The van der Waals surface area contributed by atoms with Crippen LogP contribution in [0, 0.1) is 0 Å². The fraction of sp³-hybridized carbons (Fsp3) is 0.333. The van der Waals surface area contributed by atoms with E-state index < -0.39 is 10.2 Å². The molecular weight excluding hydrogens is 200 g/mol. The molecule has 1 aromatic carbocycles. The van der Waals surface area contributed by atoms with Gasteiger partial charge >= 0.3 is 10.2 Å². The summed E-state index contributed by atoms with van der Waals surface area (Å²) in [5.41, 5.74) is 2.71. The van der Waals surface area contributed by atoms with Gasteiger partial charge in [0.1, 0.15) is 0 Å². The summed E-state index contributed by atoms with van der Waals surface area (Å²) in [5.74, 6) is 0. The number of anilines is 2. The Balaban J connectivity index is 2.31. The molecule has 4 nitrogen and oxygen atoms in total. The molecule has 74 valence electrons. The summed E-state index contributed by atoms with van der Waals surface area (Å²) in [6.07, 6.45) is 1.87. The highest BCUT2D eigenvalue weighted by Gasteiger charge is 2.35. The van der Waals surface area contributed by atoms with Gasteiger partial charge in [-0.3, -0.25) is 9.03 Å². The highest BCUT2D eigenvalue weighted by Crippen LogP contribution is 2.41. The molecular formula is C9H10N2O2S. The lowest BCUT2D eigenvalue weighted by Gasteiger charge is -2.23. The van der Waals surface area contributed by atoms with Crippen LogP contribution in [0.4, 0.5) is 11.4 Å². The number of para-hydroxylation sites is 1. The van der Waals surface area contributed by atoms with Crippen LogP contribution >= 0.6 is 0 Å². The van der Waals surface area contributed by atoms with Crippen molar-refractivity contribution in [2.45, 2.75) is 12.8 Å². The quantitative estimate of drug-likeness (QED) is 0.697. The van der Waals surface area contributed by atoms with Gasteiger partial charge in [-0.1, -0.05) is 12.1 Å². The SMILES string of the molecule is O=S1(=O)Nc2cccc3c2N1CCC3. The lowest BCUT2D eigenvalue weighted by molar-refractivity contribution is 0.594. The van der Waals surface area contributed by atoms with E-state index in [1.807, 2.05) is 18.2 Å². The van der Waals surface area contributed by atoms with Crippen LogP contribution in [-0.4, -0.2) is 15.0 Å². The summed E-state index contributed by atoms with van der Waals surface area (Å²) in [7, 11) is -3.28. The third kappa shape index (κ3) is 0.901. The average molecular weight is 210 g/mol. The summed E-state index contributed by atoms with van der Waals surface area (Å²) >= 11 is 0. The molecule has 0 bridgehead atoms. The van der Waals surface area contributed by atoms with Crippen LogP contribution in [0.5, 0.6) is 0 Å².